The molecule has 0 aliphatic heterocycles. The van der Waals surface area contributed by atoms with Crippen LogP contribution < -0.4 is 0 Å². The molecule has 0 nitrogen and oxygen atoms in total. The highest BCUT2D eigenvalue weighted by molar-refractivity contribution is 6.35. The maximum atomic E-state index is 6.18. The zero-order chi connectivity index (χ0) is 14.5. The third kappa shape index (κ3) is 4.40. The Hall–Kier alpha value is -1.24. The van der Waals surface area contributed by atoms with Gasteiger partial charge in [0.05, 0.1) is 0 Å². The van der Waals surface area contributed by atoms with Gasteiger partial charge in [0.2, 0.25) is 0 Å². The van der Waals surface area contributed by atoms with E-state index in [0.29, 0.717) is 5.02 Å². The second kappa shape index (κ2) is 6.97. The van der Waals surface area contributed by atoms with Crippen molar-refractivity contribution < 1.29 is 0 Å². The number of hydrogen-bond donors (Lipinski definition) is 0. The first-order valence-corrected chi connectivity index (χ1v) is 7.46. The van der Waals surface area contributed by atoms with Crippen LogP contribution in [-0.2, 0) is 12.8 Å². The van der Waals surface area contributed by atoms with Crippen LogP contribution in [0.1, 0.15) is 23.1 Å². The van der Waals surface area contributed by atoms with Crippen LogP contribution in [0, 0.1) is 6.92 Å². The molecule has 104 valence electrons. The van der Waals surface area contributed by atoms with Crippen molar-refractivity contribution in [3.05, 3.63) is 81.4 Å². The number of benzene rings is 2. The summed E-state index contributed by atoms with van der Waals surface area (Å²) in [5.74, 6) is 0. The number of rotatable bonds is 5. The molecule has 0 spiro atoms. The zero-order valence-electron chi connectivity index (χ0n) is 11.6. The van der Waals surface area contributed by atoms with Crippen molar-refractivity contribution in [1.82, 2.24) is 0 Å². The summed E-state index contributed by atoms with van der Waals surface area (Å²) in [5.41, 5.74) is 4.94. The van der Waals surface area contributed by atoms with Gasteiger partial charge in [-0.1, -0.05) is 71.2 Å². The Bertz CT molecular complexity index is 597. The highest BCUT2D eigenvalue weighted by atomic mass is 35.5. The van der Waals surface area contributed by atoms with Crippen molar-refractivity contribution in [2.75, 3.05) is 0 Å². The van der Waals surface area contributed by atoms with E-state index >= 15 is 0 Å². The summed E-state index contributed by atoms with van der Waals surface area (Å²) in [6.45, 7) is 6.26. The minimum absolute atomic E-state index is 0.678. The highest BCUT2D eigenvalue weighted by Crippen LogP contribution is 2.23. The fourth-order valence-electron chi connectivity index (χ4n) is 2.12. The molecule has 0 radical (unpaired) electrons. The normalized spacial score (nSPS) is 10.6. The molecule has 0 N–H and O–H groups in total. The summed E-state index contributed by atoms with van der Waals surface area (Å²) >= 11 is 12.1. The third-order valence-electron chi connectivity index (χ3n) is 3.34. The molecule has 0 bridgehead atoms. The molecule has 2 aromatic rings. The second-order valence-corrected chi connectivity index (χ2v) is 5.99. The van der Waals surface area contributed by atoms with Crippen LogP contribution in [0.25, 0.3) is 0 Å². The molecule has 0 saturated heterocycles. The minimum Gasteiger partial charge on any atom is -0.0995 e. The molecular weight excluding hydrogens is 287 g/mol. The monoisotopic (exact) mass is 304 g/mol. The van der Waals surface area contributed by atoms with Crippen molar-refractivity contribution in [3.63, 3.8) is 0 Å². The van der Waals surface area contributed by atoms with E-state index in [1.807, 2.05) is 12.1 Å². The number of hydrogen-bond acceptors (Lipinski definition) is 0. The van der Waals surface area contributed by atoms with Gasteiger partial charge in [-0.2, -0.15) is 0 Å². The Morgan fingerprint density at radius 1 is 1.05 bits per heavy atom. The van der Waals surface area contributed by atoms with Gasteiger partial charge in [-0.05, 0) is 49.4 Å². The molecule has 0 amide bonds. The molecule has 0 aliphatic rings. The first kappa shape index (κ1) is 15.2. The molecule has 0 aliphatic carbocycles. The van der Waals surface area contributed by atoms with E-state index in [1.54, 1.807) is 6.07 Å². The third-order valence-corrected chi connectivity index (χ3v) is 3.92. The predicted molar refractivity (Wildman–Crippen MR) is 88.8 cm³/mol. The van der Waals surface area contributed by atoms with Crippen LogP contribution in [0.2, 0.25) is 10.0 Å². The number of halogens is 2. The lowest BCUT2D eigenvalue weighted by atomic mass is 9.99. The molecule has 2 rings (SSSR count). The SMILES string of the molecule is C=C(CCc1ccc(Cl)cc1Cl)Cc1ccc(C)cc1. The summed E-state index contributed by atoms with van der Waals surface area (Å²) in [6.07, 6.45) is 2.77. The van der Waals surface area contributed by atoms with E-state index in [9.17, 15) is 0 Å². The molecular formula is C18H18Cl2. The van der Waals surface area contributed by atoms with Gasteiger partial charge in [0.15, 0.2) is 0 Å². The van der Waals surface area contributed by atoms with Crippen molar-refractivity contribution in [2.45, 2.75) is 26.2 Å². The maximum Gasteiger partial charge on any atom is 0.0452 e. The standard InChI is InChI=1S/C18H18Cl2/c1-13-3-6-15(7-4-13)11-14(2)5-8-16-9-10-17(19)12-18(16)20/h3-4,6-7,9-10,12H,2,5,8,11H2,1H3. The van der Waals surface area contributed by atoms with Crippen LogP contribution >= 0.6 is 23.2 Å². The average Bonchev–Trinajstić information content (AvgIpc) is 2.40. The van der Waals surface area contributed by atoms with Crippen LogP contribution in [0.5, 0.6) is 0 Å². The summed E-state index contributed by atoms with van der Waals surface area (Å²) in [4.78, 5) is 0. The Balaban J connectivity index is 1.90. The smallest absolute Gasteiger partial charge is 0.0452 e. The van der Waals surface area contributed by atoms with Gasteiger partial charge in [-0.25, -0.2) is 0 Å². The minimum atomic E-state index is 0.678. The summed E-state index contributed by atoms with van der Waals surface area (Å²) in [7, 11) is 0. The number of allylic oxidation sites excluding steroid dienone is 1. The lowest BCUT2D eigenvalue weighted by Gasteiger charge is -2.08. The predicted octanol–water partition coefficient (Wildman–Crippen LogP) is 6.03. The summed E-state index contributed by atoms with van der Waals surface area (Å²) < 4.78 is 0. The van der Waals surface area contributed by atoms with Crippen molar-refractivity contribution in [2.24, 2.45) is 0 Å². The summed E-state index contributed by atoms with van der Waals surface area (Å²) in [6, 6.07) is 14.3. The molecule has 20 heavy (non-hydrogen) atoms. The highest BCUT2D eigenvalue weighted by Gasteiger charge is 2.03. The molecule has 0 heterocycles. The van der Waals surface area contributed by atoms with Gasteiger partial charge in [0, 0.05) is 10.0 Å². The van der Waals surface area contributed by atoms with Gasteiger partial charge >= 0.3 is 0 Å². The fraction of sp³-hybridized carbons (Fsp3) is 0.222. The van der Waals surface area contributed by atoms with Gasteiger partial charge < -0.3 is 0 Å². The van der Waals surface area contributed by atoms with Crippen LogP contribution in [0.4, 0.5) is 0 Å². The Morgan fingerprint density at radius 2 is 1.75 bits per heavy atom. The van der Waals surface area contributed by atoms with Crippen molar-refractivity contribution >= 4 is 23.2 Å². The van der Waals surface area contributed by atoms with E-state index < -0.39 is 0 Å². The largest absolute Gasteiger partial charge is 0.0995 e. The molecule has 0 saturated carbocycles. The first-order chi connectivity index (χ1) is 9.54. The lowest BCUT2D eigenvalue weighted by Crippen LogP contribution is -1.94. The molecule has 0 aromatic heterocycles. The second-order valence-electron chi connectivity index (χ2n) is 5.15. The maximum absolute atomic E-state index is 6.18. The molecule has 2 heteroatoms. The van der Waals surface area contributed by atoms with E-state index in [-0.39, 0.29) is 0 Å². The van der Waals surface area contributed by atoms with Crippen LogP contribution in [0.3, 0.4) is 0 Å². The van der Waals surface area contributed by atoms with Gasteiger partial charge in [-0.3, -0.25) is 0 Å². The molecule has 0 unspecified atom stereocenters. The molecule has 0 atom stereocenters. The van der Waals surface area contributed by atoms with E-state index in [4.69, 9.17) is 23.2 Å². The van der Waals surface area contributed by atoms with Crippen molar-refractivity contribution in [3.8, 4) is 0 Å². The fourth-order valence-corrected chi connectivity index (χ4v) is 2.62. The lowest BCUT2D eigenvalue weighted by molar-refractivity contribution is 0.904. The first-order valence-electron chi connectivity index (χ1n) is 6.71. The van der Waals surface area contributed by atoms with Crippen LogP contribution in [0.15, 0.2) is 54.6 Å². The van der Waals surface area contributed by atoms with Gasteiger partial charge in [0.1, 0.15) is 0 Å². The van der Waals surface area contributed by atoms with Crippen LogP contribution in [-0.4, -0.2) is 0 Å². The molecule has 2 aromatic carbocycles. The average molecular weight is 305 g/mol. The molecule has 0 fully saturated rings. The van der Waals surface area contributed by atoms with E-state index in [0.717, 1.165) is 29.8 Å². The van der Waals surface area contributed by atoms with E-state index in [1.165, 1.54) is 16.7 Å². The van der Waals surface area contributed by atoms with Crippen molar-refractivity contribution in [1.29, 1.82) is 0 Å². The van der Waals surface area contributed by atoms with Gasteiger partial charge in [-0.15, -0.1) is 0 Å². The Labute approximate surface area is 131 Å². The Kier molecular flexibility index (Phi) is 5.28. The summed E-state index contributed by atoms with van der Waals surface area (Å²) in [5, 5.41) is 1.41. The van der Waals surface area contributed by atoms with Gasteiger partial charge in [0.25, 0.3) is 0 Å². The zero-order valence-corrected chi connectivity index (χ0v) is 13.1. The number of aryl methyl sites for hydroxylation is 2. The quantitative estimate of drug-likeness (QED) is 0.591. The topological polar surface area (TPSA) is 0 Å². The van der Waals surface area contributed by atoms with E-state index in [2.05, 4.69) is 37.8 Å². The Morgan fingerprint density at radius 3 is 2.40 bits per heavy atom.